The molecule has 1 aromatic rings. The van der Waals surface area contributed by atoms with Crippen molar-refractivity contribution in [2.24, 2.45) is 23.7 Å². The number of amides is 1. The van der Waals surface area contributed by atoms with Crippen molar-refractivity contribution in [1.29, 1.82) is 0 Å². The molecule has 1 amide bonds. The summed E-state index contributed by atoms with van der Waals surface area (Å²) in [6, 6.07) is 7.83. The maximum absolute atomic E-state index is 12.8. The molecule has 2 bridgehead atoms. The number of carbonyl (C=O) groups excluding carboxylic acids is 2. The second-order valence-corrected chi connectivity index (χ2v) is 7.52. The van der Waals surface area contributed by atoms with Crippen molar-refractivity contribution in [2.75, 3.05) is 5.32 Å². The lowest BCUT2D eigenvalue weighted by molar-refractivity contribution is -0.145. The SMILES string of the molecule is CCc1ccccc1NC(=O)[C@@H]1[C@H]2C[C@H]3[C@H](OC(=O)[C@H]31)[C@H]2Br. The highest BCUT2D eigenvalue weighted by molar-refractivity contribution is 9.09. The van der Waals surface area contributed by atoms with Crippen LogP contribution in [-0.2, 0) is 20.7 Å². The number of carbonyl (C=O) groups is 2. The Bertz CT molecular complexity index is 647. The third-order valence-electron chi connectivity index (χ3n) is 5.48. The Morgan fingerprint density at radius 1 is 1.36 bits per heavy atom. The van der Waals surface area contributed by atoms with Gasteiger partial charge in [0.25, 0.3) is 0 Å². The van der Waals surface area contributed by atoms with Gasteiger partial charge >= 0.3 is 5.97 Å². The van der Waals surface area contributed by atoms with Gasteiger partial charge in [-0.1, -0.05) is 41.1 Å². The number of halogens is 1. The quantitative estimate of drug-likeness (QED) is 0.663. The van der Waals surface area contributed by atoms with Gasteiger partial charge in [0, 0.05) is 11.6 Å². The molecule has 5 heteroatoms. The monoisotopic (exact) mass is 363 g/mol. The summed E-state index contributed by atoms with van der Waals surface area (Å²) >= 11 is 3.64. The van der Waals surface area contributed by atoms with E-state index in [1.807, 2.05) is 24.3 Å². The van der Waals surface area contributed by atoms with Crippen molar-refractivity contribution in [2.45, 2.75) is 30.7 Å². The zero-order valence-electron chi connectivity index (χ0n) is 12.3. The van der Waals surface area contributed by atoms with E-state index in [4.69, 9.17) is 4.74 Å². The molecule has 2 saturated carbocycles. The topological polar surface area (TPSA) is 55.4 Å². The normalized spacial score (nSPS) is 38.2. The van der Waals surface area contributed by atoms with Gasteiger partial charge in [-0.05, 0) is 30.4 Å². The van der Waals surface area contributed by atoms with E-state index in [1.54, 1.807) is 0 Å². The number of fused-ring (bicyclic) bond motifs is 1. The molecule has 116 valence electrons. The van der Waals surface area contributed by atoms with Crippen LogP contribution in [0.2, 0.25) is 0 Å². The molecule has 1 N–H and O–H groups in total. The molecule has 22 heavy (non-hydrogen) atoms. The van der Waals surface area contributed by atoms with Gasteiger partial charge in [0.05, 0.1) is 16.7 Å². The van der Waals surface area contributed by atoms with E-state index in [0.29, 0.717) is 0 Å². The first-order chi connectivity index (χ1) is 10.6. The first kappa shape index (κ1) is 14.2. The van der Waals surface area contributed by atoms with Crippen LogP contribution < -0.4 is 5.32 Å². The zero-order valence-corrected chi connectivity index (χ0v) is 13.9. The number of ether oxygens (including phenoxy) is 1. The molecule has 0 spiro atoms. The van der Waals surface area contributed by atoms with E-state index in [-0.39, 0.29) is 46.5 Å². The lowest BCUT2D eigenvalue weighted by Gasteiger charge is -2.27. The minimum absolute atomic E-state index is 0.0329. The van der Waals surface area contributed by atoms with E-state index < -0.39 is 0 Å². The number of nitrogens with one attached hydrogen (secondary N) is 1. The fourth-order valence-corrected chi connectivity index (χ4v) is 5.54. The Morgan fingerprint density at radius 2 is 2.14 bits per heavy atom. The van der Waals surface area contributed by atoms with Crippen molar-refractivity contribution >= 4 is 33.5 Å². The number of rotatable bonds is 3. The molecule has 1 aliphatic heterocycles. The number of para-hydroxylation sites is 1. The molecule has 1 heterocycles. The molecular weight excluding hydrogens is 346 g/mol. The summed E-state index contributed by atoms with van der Waals surface area (Å²) in [4.78, 5) is 25.0. The van der Waals surface area contributed by atoms with Crippen LogP contribution in [0, 0.1) is 23.7 Å². The van der Waals surface area contributed by atoms with Gasteiger partial charge in [0.15, 0.2) is 0 Å². The van der Waals surface area contributed by atoms with Gasteiger partial charge in [-0.3, -0.25) is 9.59 Å². The summed E-state index contributed by atoms with van der Waals surface area (Å²) in [5, 5.41) is 3.04. The largest absolute Gasteiger partial charge is 0.461 e. The average molecular weight is 364 g/mol. The molecule has 4 nitrogen and oxygen atoms in total. The van der Waals surface area contributed by atoms with E-state index in [2.05, 4.69) is 28.2 Å². The highest BCUT2D eigenvalue weighted by Crippen LogP contribution is 2.60. The van der Waals surface area contributed by atoms with Crippen LogP contribution in [0.4, 0.5) is 5.69 Å². The molecule has 4 rings (SSSR count). The molecule has 1 saturated heterocycles. The minimum Gasteiger partial charge on any atom is -0.461 e. The molecule has 1 aromatic carbocycles. The molecule has 2 aliphatic carbocycles. The third-order valence-corrected chi connectivity index (χ3v) is 6.68. The van der Waals surface area contributed by atoms with Gasteiger partial charge in [-0.25, -0.2) is 0 Å². The number of benzene rings is 1. The summed E-state index contributed by atoms with van der Waals surface area (Å²) in [6.45, 7) is 2.07. The van der Waals surface area contributed by atoms with E-state index in [0.717, 1.165) is 24.1 Å². The fourth-order valence-electron chi connectivity index (χ4n) is 4.50. The summed E-state index contributed by atoms with van der Waals surface area (Å²) in [7, 11) is 0. The van der Waals surface area contributed by atoms with Crippen LogP contribution in [-0.4, -0.2) is 22.8 Å². The Balaban J connectivity index is 1.60. The van der Waals surface area contributed by atoms with Crippen LogP contribution in [0.5, 0.6) is 0 Å². The van der Waals surface area contributed by atoms with Gasteiger partial charge in [0.2, 0.25) is 5.91 Å². The third kappa shape index (κ3) is 1.87. The predicted octanol–water partition coefficient (Wildman–Crippen LogP) is 2.76. The van der Waals surface area contributed by atoms with Gasteiger partial charge < -0.3 is 10.1 Å². The van der Waals surface area contributed by atoms with Crippen LogP contribution in [0.3, 0.4) is 0 Å². The lowest BCUT2D eigenvalue weighted by atomic mass is 9.79. The Labute approximate surface area is 137 Å². The number of alkyl halides is 1. The van der Waals surface area contributed by atoms with Crippen LogP contribution >= 0.6 is 15.9 Å². The van der Waals surface area contributed by atoms with Gasteiger partial charge in [0.1, 0.15) is 6.10 Å². The summed E-state index contributed by atoms with van der Waals surface area (Å²) in [5.41, 5.74) is 1.97. The second kappa shape index (κ2) is 5.08. The van der Waals surface area contributed by atoms with Gasteiger partial charge in [-0.15, -0.1) is 0 Å². The van der Waals surface area contributed by atoms with Crippen LogP contribution in [0.1, 0.15) is 18.9 Å². The second-order valence-electron chi connectivity index (χ2n) is 6.46. The maximum Gasteiger partial charge on any atom is 0.310 e. The van der Waals surface area contributed by atoms with Crippen LogP contribution in [0.15, 0.2) is 24.3 Å². The molecule has 0 aromatic heterocycles. The smallest absolute Gasteiger partial charge is 0.310 e. The Morgan fingerprint density at radius 3 is 2.91 bits per heavy atom. The van der Waals surface area contributed by atoms with Crippen molar-refractivity contribution < 1.29 is 14.3 Å². The number of hydrogen-bond donors (Lipinski definition) is 1. The Hall–Kier alpha value is -1.36. The first-order valence-corrected chi connectivity index (χ1v) is 8.76. The standard InChI is InChI=1S/C17H18BrNO3/c1-2-8-5-3-4-6-11(8)19-16(20)12-9-7-10-13(12)17(21)22-15(10)14(9)18/h3-6,9-10,12-15H,2,7H2,1H3,(H,19,20)/t9-,10-,12-,13-,14+,15+/m1/s1. The number of esters is 1. The average Bonchev–Trinajstić information content (AvgIpc) is 3.12. The molecule has 3 fully saturated rings. The molecule has 0 unspecified atom stereocenters. The Kier molecular flexibility index (Phi) is 3.29. The summed E-state index contributed by atoms with van der Waals surface area (Å²) in [5.74, 6) is -0.356. The number of anilines is 1. The minimum atomic E-state index is -0.273. The number of hydrogen-bond acceptors (Lipinski definition) is 3. The predicted molar refractivity (Wildman–Crippen MR) is 85.6 cm³/mol. The van der Waals surface area contributed by atoms with E-state index in [9.17, 15) is 9.59 Å². The van der Waals surface area contributed by atoms with E-state index >= 15 is 0 Å². The molecule has 6 atom stereocenters. The van der Waals surface area contributed by atoms with Crippen molar-refractivity contribution in [3.8, 4) is 0 Å². The fraction of sp³-hybridized carbons (Fsp3) is 0.529. The van der Waals surface area contributed by atoms with Crippen molar-refractivity contribution in [3.63, 3.8) is 0 Å². The van der Waals surface area contributed by atoms with Crippen molar-refractivity contribution in [3.05, 3.63) is 29.8 Å². The highest BCUT2D eigenvalue weighted by Gasteiger charge is 2.67. The van der Waals surface area contributed by atoms with E-state index in [1.165, 1.54) is 0 Å². The number of aryl methyl sites for hydroxylation is 1. The molecule has 3 aliphatic rings. The lowest BCUT2D eigenvalue weighted by Crippen LogP contribution is -2.40. The highest BCUT2D eigenvalue weighted by atomic mass is 79.9. The maximum atomic E-state index is 12.8. The summed E-state index contributed by atoms with van der Waals surface area (Å²) < 4.78 is 5.46. The first-order valence-electron chi connectivity index (χ1n) is 7.85. The zero-order chi connectivity index (χ0) is 15.4. The van der Waals surface area contributed by atoms with Crippen molar-refractivity contribution in [1.82, 2.24) is 0 Å². The van der Waals surface area contributed by atoms with Crippen LogP contribution in [0.25, 0.3) is 0 Å². The molecular formula is C17H18BrNO3. The van der Waals surface area contributed by atoms with Gasteiger partial charge in [-0.2, -0.15) is 0 Å². The summed E-state index contributed by atoms with van der Waals surface area (Å²) in [6.07, 6.45) is 1.74. The molecule has 0 radical (unpaired) electrons.